The van der Waals surface area contributed by atoms with Crippen molar-refractivity contribution in [1.82, 2.24) is 9.55 Å². The van der Waals surface area contributed by atoms with Gasteiger partial charge in [0.15, 0.2) is 0 Å². The molecular weight excluding hydrogens is 659 g/mol. The Morgan fingerprint density at radius 1 is 0.630 bits per heavy atom. The van der Waals surface area contributed by atoms with Crippen LogP contribution in [0.2, 0.25) is 0 Å². The first-order chi connectivity index (χ1) is 26.8. The van der Waals surface area contributed by atoms with Gasteiger partial charge in [-0.05, 0) is 100 Å². The Morgan fingerprint density at radius 2 is 1.37 bits per heavy atom. The zero-order chi connectivity index (χ0) is 35.6. The molecule has 0 saturated carbocycles. The molecule has 5 heteroatoms. The van der Waals surface area contributed by atoms with Crippen molar-refractivity contribution in [2.45, 2.75) is 12.8 Å². The van der Waals surface area contributed by atoms with E-state index < -0.39 is 0 Å². The van der Waals surface area contributed by atoms with Gasteiger partial charge in [-0.25, -0.2) is 4.98 Å². The molecule has 8 aromatic rings. The molecule has 1 N–H and O–H groups in total. The molecule has 0 amide bonds. The quantitative estimate of drug-likeness (QED) is 0.200. The van der Waals surface area contributed by atoms with Crippen molar-refractivity contribution in [2.75, 3.05) is 16.8 Å². The molecule has 2 aromatic heterocycles. The van der Waals surface area contributed by atoms with Crippen molar-refractivity contribution in [3.8, 4) is 28.2 Å². The van der Waals surface area contributed by atoms with Crippen LogP contribution in [-0.2, 0) is 0 Å². The van der Waals surface area contributed by atoms with Gasteiger partial charge in [0.1, 0.15) is 5.82 Å². The van der Waals surface area contributed by atoms with E-state index in [4.69, 9.17) is 4.98 Å². The molecule has 5 nitrogen and oxygen atoms in total. The van der Waals surface area contributed by atoms with Gasteiger partial charge >= 0.3 is 0 Å². The SMILES string of the molecule is C1=NC=C(c2ccc(-n3c4c(c5ccccc53)-c3ccccc3N(c3ccc5cc(C6=CCNc7ccccc76)ccc5c3)c3ccccc3-4)nc2)CC1. The lowest BCUT2D eigenvalue weighted by atomic mass is 9.92. The molecule has 6 aromatic carbocycles. The number of anilines is 4. The number of aromatic nitrogens is 2. The normalized spacial score (nSPS) is 14.3. The van der Waals surface area contributed by atoms with E-state index >= 15 is 0 Å². The number of allylic oxidation sites excluding steroid dienone is 1. The fourth-order valence-corrected chi connectivity index (χ4v) is 8.65. The molecule has 0 atom stereocenters. The van der Waals surface area contributed by atoms with Crippen LogP contribution in [0.4, 0.5) is 22.7 Å². The number of aliphatic imine (C=N–C) groups is 1. The fourth-order valence-electron chi connectivity index (χ4n) is 8.65. The lowest BCUT2D eigenvalue weighted by Crippen LogP contribution is -2.11. The van der Waals surface area contributed by atoms with Gasteiger partial charge in [-0.1, -0.05) is 97.1 Å². The van der Waals surface area contributed by atoms with E-state index in [2.05, 4.69) is 171 Å². The highest BCUT2D eigenvalue weighted by atomic mass is 15.2. The summed E-state index contributed by atoms with van der Waals surface area (Å²) >= 11 is 0. The van der Waals surface area contributed by atoms with E-state index in [0.717, 1.165) is 64.6 Å². The van der Waals surface area contributed by atoms with Crippen molar-refractivity contribution < 1.29 is 0 Å². The number of para-hydroxylation sites is 4. The molecule has 256 valence electrons. The summed E-state index contributed by atoms with van der Waals surface area (Å²) in [7, 11) is 0. The van der Waals surface area contributed by atoms with Gasteiger partial charge < -0.3 is 10.2 Å². The summed E-state index contributed by atoms with van der Waals surface area (Å²) in [6.07, 6.45) is 10.2. The maximum absolute atomic E-state index is 5.13. The average molecular weight is 694 g/mol. The third-order valence-corrected chi connectivity index (χ3v) is 11.1. The zero-order valence-corrected chi connectivity index (χ0v) is 29.6. The Hall–Kier alpha value is -6.98. The van der Waals surface area contributed by atoms with Crippen molar-refractivity contribution in [1.29, 1.82) is 0 Å². The van der Waals surface area contributed by atoms with E-state index in [1.807, 2.05) is 18.6 Å². The van der Waals surface area contributed by atoms with Gasteiger partial charge in [0.2, 0.25) is 0 Å². The number of nitrogens with zero attached hydrogens (tertiary/aromatic N) is 4. The molecule has 0 spiro atoms. The number of benzene rings is 6. The molecule has 0 saturated heterocycles. The van der Waals surface area contributed by atoms with Gasteiger partial charge in [0, 0.05) is 64.2 Å². The zero-order valence-electron chi connectivity index (χ0n) is 29.6. The van der Waals surface area contributed by atoms with Gasteiger partial charge in [0.05, 0.1) is 22.6 Å². The molecule has 0 fully saturated rings. The van der Waals surface area contributed by atoms with Crippen LogP contribution >= 0.6 is 0 Å². The molecule has 0 unspecified atom stereocenters. The topological polar surface area (TPSA) is 45.5 Å². The number of hydrogen-bond acceptors (Lipinski definition) is 4. The van der Waals surface area contributed by atoms with Gasteiger partial charge in [-0.2, -0.15) is 0 Å². The molecular formula is C49H35N5. The molecule has 5 heterocycles. The maximum Gasteiger partial charge on any atom is 0.137 e. The standard InChI is InChI=1S/C49H35N5/c1-5-15-43-39(11-1)38(25-27-51-43)34-20-19-33-29-37(23-21-32(33)28-34)53-44-16-6-2-12-40(44)48-41-13-3-7-17-45(41)54(49(48)42-14-4-8-18-46(42)53)47-24-22-36(31-52-47)35-10-9-26-50-30-35/h1-8,11-26,28-31,51H,9-10,27H2. The predicted octanol–water partition coefficient (Wildman–Crippen LogP) is 12.4. The Balaban J connectivity index is 1.09. The Bertz CT molecular complexity index is 2890. The van der Waals surface area contributed by atoms with Gasteiger partial charge in [0.25, 0.3) is 0 Å². The van der Waals surface area contributed by atoms with Crippen molar-refractivity contribution in [3.05, 3.63) is 181 Å². The summed E-state index contributed by atoms with van der Waals surface area (Å²) in [4.78, 5) is 12.0. The summed E-state index contributed by atoms with van der Waals surface area (Å²) in [5.74, 6) is 0.893. The maximum atomic E-state index is 5.13. The number of nitrogens with one attached hydrogen (secondary N) is 1. The lowest BCUT2D eigenvalue weighted by molar-refractivity contribution is 1.04. The largest absolute Gasteiger partial charge is 0.381 e. The summed E-state index contributed by atoms with van der Waals surface area (Å²) < 4.78 is 2.36. The van der Waals surface area contributed by atoms with Crippen molar-refractivity contribution in [2.24, 2.45) is 4.99 Å². The number of rotatable bonds is 4. The highest BCUT2D eigenvalue weighted by Crippen LogP contribution is 2.54. The number of pyridine rings is 1. The van der Waals surface area contributed by atoms with E-state index in [1.54, 1.807) is 0 Å². The number of fused-ring (bicyclic) bond motifs is 9. The first-order valence-electron chi connectivity index (χ1n) is 18.7. The third-order valence-electron chi connectivity index (χ3n) is 11.1. The van der Waals surface area contributed by atoms with E-state index in [0.29, 0.717) is 0 Å². The van der Waals surface area contributed by atoms with E-state index in [-0.39, 0.29) is 0 Å². The highest BCUT2D eigenvalue weighted by Gasteiger charge is 2.31. The van der Waals surface area contributed by atoms with Crippen molar-refractivity contribution >= 4 is 61.8 Å². The second-order valence-corrected chi connectivity index (χ2v) is 14.2. The minimum atomic E-state index is 0.826. The summed E-state index contributed by atoms with van der Waals surface area (Å²) in [6.45, 7) is 0.826. The molecule has 0 bridgehead atoms. The highest BCUT2D eigenvalue weighted by molar-refractivity contribution is 6.13. The van der Waals surface area contributed by atoms with Crippen LogP contribution in [-0.4, -0.2) is 22.3 Å². The van der Waals surface area contributed by atoms with Crippen LogP contribution < -0.4 is 10.2 Å². The molecule has 0 radical (unpaired) electrons. The van der Waals surface area contributed by atoms with Crippen LogP contribution in [0.15, 0.2) is 169 Å². The molecule has 3 aliphatic heterocycles. The Labute approximate surface area is 313 Å². The van der Waals surface area contributed by atoms with Crippen LogP contribution in [0.1, 0.15) is 29.5 Å². The third kappa shape index (κ3) is 4.79. The van der Waals surface area contributed by atoms with Crippen LogP contribution in [0, 0.1) is 0 Å². The minimum Gasteiger partial charge on any atom is -0.381 e. The molecule has 11 rings (SSSR count). The Morgan fingerprint density at radius 3 is 2.22 bits per heavy atom. The van der Waals surface area contributed by atoms with Crippen molar-refractivity contribution in [3.63, 3.8) is 0 Å². The first kappa shape index (κ1) is 30.6. The van der Waals surface area contributed by atoms with Crippen LogP contribution in [0.3, 0.4) is 0 Å². The molecule has 54 heavy (non-hydrogen) atoms. The second-order valence-electron chi connectivity index (χ2n) is 14.2. The van der Waals surface area contributed by atoms with Crippen LogP contribution in [0.5, 0.6) is 0 Å². The molecule has 0 aliphatic carbocycles. The average Bonchev–Trinajstić information content (AvgIpc) is 3.52. The summed E-state index contributed by atoms with van der Waals surface area (Å²) in [6, 6.07) is 53.1. The summed E-state index contributed by atoms with van der Waals surface area (Å²) in [5, 5.41) is 7.13. The Kier molecular flexibility index (Phi) is 6.99. The van der Waals surface area contributed by atoms with Gasteiger partial charge in [-0.3, -0.25) is 9.56 Å². The van der Waals surface area contributed by atoms with Crippen LogP contribution in [0.25, 0.3) is 61.0 Å². The van der Waals surface area contributed by atoms with E-state index in [1.165, 1.54) is 55.2 Å². The lowest BCUT2D eigenvalue weighted by Gasteiger charge is -2.28. The molecule has 3 aliphatic rings. The number of hydrogen-bond donors (Lipinski definition) is 1. The summed E-state index contributed by atoms with van der Waals surface area (Å²) in [5.41, 5.74) is 16.5. The fraction of sp³-hybridized carbons (Fsp3) is 0.0612. The smallest absolute Gasteiger partial charge is 0.137 e. The van der Waals surface area contributed by atoms with E-state index in [9.17, 15) is 0 Å². The van der Waals surface area contributed by atoms with Gasteiger partial charge in [-0.15, -0.1) is 0 Å². The second kappa shape index (κ2) is 12.3. The monoisotopic (exact) mass is 693 g/mol. The minimum absolute atomic E-state index is 0.826. The predicted molar refractivity (Wildman–Crippen MR) is 225 cm³/mol. The first-order valence-corrected chi connectivity index (χ1v) is 18.7.